The molecule has 0 N–H and O–H groups in total. The highest BCUT2D eigenvalue weighted by molar-refractivity contribution is 7.22. The predicted molar refractivity (Wildman–Crippen MR) is 92.4 cm³/mol. The number of esters is 1. The molecule has 3 aromatic rings. The molecule has 0 saturated heterocycles. The van der Waals surface area contributed by atoms with E-state index >= 15 is 0 Å². The number of aryl methyl sites for hydroxylation is 1. The van der Waals surface area contributed by atoms with Crippen LogP contribution < -0.4 is 4.74 Å². The first kappa shape index (κ1) is 15.7. The number of carbonyl (C=O) groups is 1. The van der Waals surface area contributed by atoms with Crippen molar-refractivity contribution >= 4 is 28.6 Å². The van der Waals surface area contributed by atoms with Crippen LogP contribution >= 0.6 is 22.7 Å². The lowest BCUT2D eigenvalue weighted by molar-refractivity contribution is 0.0455. The molecule has 23 heavy (non-hydrogen) atoms. The van der Waals surface area contributed by atoms with E-state index in [0.29, 0.717) is 17.2 Å². The number of ether oxygens (including phenoxy) is 2. The van der Waals surface area contributed by atoms with Gasteiger partial charge in [0.1, 0.15) is 28.8 Å². The molecule has 4 nitrogen and oxygen atoms in total. The molecule has 118 valence electrons. The van der Waals surface area contributed by atoms with Crippen LogP contribution in [0.15, 0.2) is 47.8 Å². The molecule has 0 aliphatic heterocycles. The minimum Gasteiger partial charge on any atom is -0.490 e. The van der Waals surface area contributed by atoms with Crippen molar-refractivity contribution in [1.29, 1.82) is 0 Å². The third kappa shape index (κ3) is 3.97. The van der Waals surface area contributed by atoms with Gasteiger partial charge in [0, 0.05) is 0 Å². The Kier molecular flexibility index (Phi) is 5.05. The third-order valence-corrected chi connectivity index (χ3v) is 5.22. The van der Waals surface area contributed by atoms with Crippen LogP contribution in [0.1, 0.15) is 15.4 Å². The molecule has 0 bridgehead atoms. The highest BCUT2D eigenvalue weighted by Gasteiger charge is 2.17. The molecule has 2 heterocycles. The van der Waals surface area contributed by atoms with Crippen LogP contribution in [-0.2, 0) is 4.74 Å². The maximum Gasteiger partial charge on any atom is 0.350 e. The number of para-hydroxylation sites is 1. The zero-order chi connectivity index (χ0) is 16.1. The second kappa shape index (κ2) is 7.39. The monoisotopic (exact) mass is 345 g/mol. The largest absolute Gasteiger partial charge is 0.490 e. The fraction of sp³-hybridized carbons (Fsp3) is 0.176. The van der Waals surface area contributed by atoms with Gasteiger partial charge >= 0.3 is 5.97 Å². The van der Waals surface area contributed by atoms with E-state index in [9.17, 15) is 4.79 Å². The smallest absolute Gasteiger partial charge is 0.350 e. The maximum atomic E-state index is 12.2. The van der Waals surface area contributed by atoms with Gasteiger partial charge in [-0.1, -0.05) is 24.3 Å². The van der Waals surface area contributed by atoms with E-state index in [1.807, 2.05) is 54.8 Å². The lowest BCUT2D eigenvalue weighted by atomic mass is 10.3. The summed E-state index contributed by atoms with van der Waals surface area (Å²) in [4.78, 5) is 18.2. The first-order chi connectivity index (χ1) is 11.2. The van der Waals surface area contributed by atoms with Crippen LogP contribution in [0.2, 0.25) is 0 Å². The summed E-state index contributed by atoms with van der Waals surface area (Å²) in [5.41, 5.74) is 0.701. The molecule has 0 spiro atoms. The number of thiophene rings is 1. The average molecular weight is 345 g/mol. The van der Waals surface area contributed by atoms with Gasteiger partial charge in [-0.25, -0.2) is 9.78 Å². The standard InChI is InChI=1S/C17H15NO3S2/c1-12-15(23-16(18-12)14-8-5-11-22-14)17(19)21-10-9-20-13-6-3-2-4-7-13/h2-8,11H,9-10H2,1H3. The van der Waals surface area contributed by atoms with Gasteiger partial charge in [-0.2, -0.15) is 0 Å². The maximum absolute atomic E-state index is 12.2. The predicted octanol–water partition coefficient (Wildman–Crippen LogP) is 4.42. The molecule has 0 fully saturated rings. The summed E-state index contributed by atoms with van der Waals surface area (Å²) in [5, 5.41) is 2.84. The van der Waals surface area contributed by atoms with Gasteiger partial charge in [-0.3, -0.25) is 0 Å². The molecule has 0 amide bonds. The number of rotatable bonds is 6. The molecule has 0 atom stereocenters. The first-order valence-electron chi connectivity index (χ1n) is 7.10. The van der Waals surface area contributed by atoms with Gasteiger partial charge in [-0.15, -0.1) is 22.7 Å². The lowest BCUT2D eigenvalue weighted by Gasteiger charge is -2.06. The Balaban J connectivity index is 1.54. The topological polar surface area (TPSA) is 48.4 Å². The minimum absolute atomic E-state index is 0.208. The number of benzene rings is 1. The van der Waals surface area contributed by atoms with E-state index in [-0.39, 0.29) is 12.6 Å². The van der Waals surface area contributed by atoms with Gasteiger partial charge < -0.3 is 9.47 Å². The van der Waals surface area contributed by atoms with Crippen LogP contribution in [0.5, 0.6) is 5.75 Å². The number of carbonyl (C=O) groups excluding carboxylic acids is 1. The van der Waals surface area contributed by atoms with Crippen molar-refractivity contribution in [3.8, 4) is 15.6 Å². The van der Waals surface area contributed by atoms with Crippen LogP contribution in [-0.4, -0.2) is 24.2 Å². The number of hydrogen-bond acceptors (Lipinski definition) is 6. The zero-order valence-electron chi connectivity index (χ0n) is 12.5. The normalized spacial score (nSPS) is 10.5. The van der Waals surface area contributed by atoms with E-state index in [1.165, 1.54) is 11.3 Å². The first-order valence-corrected chi connectivity index (χ1v) is 8.80. The van der Waals surface area contributed by atoms with E-state index in [0.717, 1.165) is 15.6 Å². The van der Waals surface area contributed by atoms with Gasteiger partial charge in [-0.05, 0) is 30.5 Å². The molecular formula is C17H15NO3S2. The molecule has 0 saturated carbocycles. The van der Waals surface area contributed by atoms with E-state index in [1.54, 1.807) is 11.3 Å². The highest BCUT2D eigenvalue weighted by atomic mass is 32.1. The summed E-state index contributed by atoms with van der Waals surface area (Å²) in [5.74, 6) is 0.414. The van der Waals surface area contributed by atoms with Gasteiger partial charge in [0.25, 0.3) is 0 Å². The molecule has 0 aliphatic carbocycles. The Morgan fingerprint density at radius 2 is 1.96 bits per heavy atom. The van der Waals surface area contributed by atoms with Gasteiger partial charge in [0.05, 0.1) is 10.6 Å². The Labute approximate surface area is 142 Å². The molecular weight excluding hydrogens is 330 g/mol. The number of nitrogens with zero attached hydrogens (tertiary/aromatic N) is 1. The second-order valence-electron chi connectivity index (χ2n) is 4.71. The molecule has 0 aliphatic rings. The van der Waals surface area contributed by atoms with Crippen LogP contribution in [0, 0.1) is 6.92 Å². The summed E-state index contributed by atoms with van der Waals surface area (Å²) in [6, 6.07) is 13.4. The number of thiazole rings is 1. The van der Waals surface area contributed by atoms with Crippen molar-refractivity contribution < 1.29 is 14.3 Å². The number of aromatic nitrogens is 1. The van der Waals surface area contributed by atoms with Crippen LogP contribution in [0.25, 0.3) is 9.88 Å². The van der Waals surface area contributed by atoms with Crippen molar-refractivity contribution in [2.24, 2.45) is 0 Å². The summed E-state index contributed by atoms with van der Waals surface area (Å²) in [6.45, 7) is 2.36. The Morgan fingerprint density at radius 1 is 1.13 bits per heavy atom. The summed E-state index contributed by atoms with van der Waals surface area (Å²) >= 11 is 2.97. The van der Waals surface area contributed by atoms with Crippen LogP contribution in [0.3, 0.4) is 0 Å². The molecule has 3 rings (SSSR count). The van der Waals surface area contributed by atoms with E-state index < -0.39 is 0 Å². The summed E-state index contributed by atoms with van der Waals surface area (Å²) < 4.78 is 10.8. The Morgan fingerprint density at radius 3 is 2.70 bits per heavy atom. The SMILES string of the molecule is Cc1nc(-c2cccs2)sc1C(=O)OCCOc1ccccc1. The van der Waals surface area contributed by atoms with E-state index in [2.05, 4.69) is 4.98 Å². The number of hydrogen-bond donors (Lipinski definition) is 0. The van der Waals surface area contributed by atoms with Crippen molar-refractivity contribution in [3.05, 3.63) is 58.4 Å². The molecule has 0 radical (unpaired) electrons. The van der Waals surface area contributed by atoms with Gasteiger partial charge in [0.2, 0.25) is 0 Å². The summed E-state index contributed by atoms with van der Waals surface area (Å²) in [6.07, 6.45) is 0. The zero-order valence-corrected chi connectivity index (χ0v) is 14.2. The fourth-order valence-electron chi connectivity index (χ4n) is 1.97. The second-order valence-corrected chi connectivity index (χ2v) is 6.66. The molecule has 2 aromatic heterocycles. The van der Waals surface area contributed by atoms with Gasteiger partial charge in [0.15, 0.2) is 0 Å². The average Bonchev–Trinajstić information content (AvgIpc) is 3.21. The molecule has 6 heteroatoms. The quantitative estimate of drug-likeness (QED) is 0.490. The Hall–Kier alpha value is -2.18. The molecule has 0 unspecified atom stereocenters. The van der Waals surface area contributed by atoms with Crippen molar-refractivity contribution in [1.82, 2.24) is 4.98 Å². The van der Waals surface area contributed by atoms with E-state index in [4.69, 9.17) is 9.47 Å². The van der Waals surface area contributed by atoms with Crippen LogP contribution in [0.4, 0.5) is 0 Å². The van der Waals surface area contributed by atoms with Crippen molar-refractivity contribution in [2.45, 2.75) is 6.92 Å². The molecule has 1 aromatic carbocycles. The highest BCUT2D eigenvalue weighted by Crippen LogP contribution is 2.31. The lowest BCUT2D eigenvalue weighted by Crippen LogP contribution is -2.12. The van der Waals surface area contributed by atoms with Crippen molar-refractivity contribution in [2.75, 3.05) is 13.2 Å². The summed E-state index contributed by atoms with van der Waals surface area (Å²) in [7, 11) is 0. The Bertz CT molecular complexity index is 767. The van der Waals surface area contributed by atoms with Crippen molar-refractivity contribution in [3.63, 3.8) is 0 Å². The minimum atomic E-state index is -0.348. The third-order valence-electron chi connectivity index (χ3n) is 3.04. The fourth-order valence-corrected chi connectivity index (χ4v) is 3.72.